The summed E-state index contributed by atoms with van der Waals surface area (Å²) >= 11 is 0. The Morgan fingerprint density at radius 2 is 2.11 bits per heavy atom. The number of carbonyl (C=O) groups is 1. The second-order valence-corrected chi connectivity index (χ2v) is 4.54. The van der Waals surface area contributed by atoms with Gasteiger partial charge in [0.2, 0.25) is 0 Å². The van der Waals surface area contributed by atoms with E-state index in [1.807, 2.05) is 20.8 Å². The molecule has 2 N–H and O–H groups in total. The van der Waals surface area contributed by atoms with E-state index in [-0.39, 0.29) is 17.6 Å². The number of hydrogen-bond acceptors (Lipinski definition) is 4. The molecule has 0 aromatic heterocycles. The molecule has 6 nitrogen and oxygen atoms in total. The summed E-state index contributed by atoms with van der Waals surface area (Å²) in [5.41, 5.74) is 0.774. The van der Waals surface area contributed by atoms with Gasteiger partial charge in [0.05, 0.1) is 4.92 Å². The Kier molecular flexibility index (Phi) is 5.29. The zero-order chi connectivity index (χ0) is 14.4. The first-order valence-electron chi connectivity index (χ1n) is 6.28. The van der Waals surface area contributed by atoms with Crippen molar-refractivity contribution in [3.8, 4) is 0 Å². The average molecular weight is 265 g/mol. The largest absolute Gasteiger partial charge is 0.379 e. The maximum absolute atomic E-state index is 11.9. The summed E-state index contributed by atoms with van der Waals surface area (Å²) in [6.45, 7) is 6.31. The molecule has 0 aliphatic heterocycles. The summed E-state index contributed by atoms with van der Waals surface area (Å²) in [7, 11) is 0. The zero-order valence-electron chi connectivity index (χ0n) is 11.4. The highest BCUT2D eigenvalue weighted by Crippen LogP contribution is 2.25. The van der Waals surface area contributed by atoms with Crippen molar-refractivity contribution in [1.82, 2.24) is 5.32 Å². The van der Waals surface area contributed by atoms with E-state index in [4.69, 9.17) is 0 Å². The molecular weight excluding hydrogens is 246 g/mol. The molecule has 0 saturated carbocycles. The number of anilines is 1. The summed E-state index contributed by atoms with van der Waals surface area (Å²) in [4.78, 5) is 22.3. The molecule has 0 bridgehead atoms. The molecule has 0 aliphatic carbocycles. The third kappa shape index (κ3) is 4.24. The van der Waals surface area contributed by atoms with Crippen molar-refractivity contribution in [2.24, 2.45) is 0 Å². The average Bonchev–Trinajstić information content (AvgIpc) is 2.34. The second-order valence-electron chi connectivity index (χ2n) is 4.54. The third-order valence-corrected chi connectivity index (χ3v) is 2.44. The van der Waals surface area contributed by atoms with Crippen LogP contribution in [0.2, 0.25) is 0 Å². The Bertz CT molecular complexity index is 472. The summed E-state index contributed by atoms with van der Waals surface area (Å²) in [5.74, 6) is -0.232. The molecule has 0 atom stereocenters. The molecule has 1 rings (SSSR count). The van der Waals surface area contributed by atoms with Crippen LogP contribution in [0.15, 0.2) is 18.2 Å². The van der Waals surface area contributed by atoms with E-state index in [0.29, 0.717) is 17.8 Å². The molecule has 0 spiro atoms. The van der Waals surface area contributed by atoms with Crippen LogP contribution in [-0.4, -0.2) is 23.4 Å². The van der Waals surface area contributed by atoms with E-state index in [2.05, 4.69) is 10.6 Å². The summed E-state index contributed by atoms with van der Waals surface area (Å²) in [6, 6.07) is 4.36. The summed E-state index contributed by atoms with van der Waals surface area (Å²) < 4.78 is 0. The van der Waals surface area contributed by atoms with Crippen LogP contribution >= 0.6 is 0 Å². The number of nitro benzene ring substituents is 1. The molecule has 104 valence electrons. The molecule has 0 saturated heterocycles. The van der Waals surface area contributed by atoms with Gasteiger partial charge in [-0.25, -0.2) is 0 Å². The van der Waals surface area contributed by atoms with Gasteiger partial charge in [0.1, 0.15) is 5.69 Å². The number of rotatable bonds is 6. The minimum Gasteiger partial charge on any atom is -0.379 e. The lowest BCUT2D eigenvalue weighted by Gasteiger charge is -2.10. The first-order valence-corrected chi connectivity index (χ1v) is 6.28. The van der Waals surface area contributed by atoms with Crippen molar-refractivity contribution in [3.63, 3.8) is 0 Å². The third-order valence-electron chi connectivity index (χ3n) is 2.44. The summed E-state index contributed by atoms with van der Waals surface area (Å²) in [5, 5.41) is 16.6. The quantitative estimate of drug-likeness (QED) is 0.611. The van der Waals surface area contributed by atoms with Gasteiger partial charge in [0, 0.05) is 24.2 Å². The van der Waals surface area contributed by atoms with Crippen molar-refractivity contribution < 1.29 is 9.72 Å². The van der Waals surface area contributed by atoms with Crippen molar-refractivity contribution in [2.75, 3.05) is 11.9 Å². The number of hydrogen-bond donors (Lipinski definition) is 2. The number of nitro groups is 1. The highest BCUT2D eigenvalue weighted by atomic mass is 16.6. The molecule has 19 heavy (non-hydrogen) atoms. The van der Waals surface area contributed by atoms with E-state index < -0.39 is 4.92 Å². The van der Waals surface area contributed by atoms with Gasteiger partial charge in [-0.2, -0.15) is 0 Å². The van der Waals surface area contributed by atoms with Gasteiger partial charge in [-0.3, -0.25) is 14.9 Å². The lowest BCUT2D eigenvalue weighted by molar-refractivity contribution is -0.384. The predicted octanol–water partition coefficient (Wildman–Crippen LogP) is 2.55. The van der Waals surface area contributed by atoms with Crippen LogP contribution in [0.4, 0.5) is 11.4 Å². The van der Waals surface area contributed by atoms with E-state index in [1.54, 1.807) is 0 Å². The molecule has 1 aromatic rings. The standard InChI is InChI=1S/C13H19N3O3/c1-4-7-14-11-8-10(13(17)15-9(2)3)5-6-12(11)16(18)19/h5-6,8-9,14H,4,7H2,1-3H3,(H,15,17). The lowest BCUT2D eigenvalue weighted by atomic mass is 10.1. The van der Waals surface area contributed by atoms with Crippen LogP contribution < -0.4 is 10.6 Å². The van der Waals surface area contributed by atoms with Gasteiger partial charge in [0.15, 0.2) is 0 Å². The predicted molar refractivity (Wildman–Crippen MR) is 74.5 cm³/mol. The highest BCUT2D eigenvalue weighted by molar-refractivity contribution is 5.96. The van der Waals surface area contributed by atoms with E-state index in [0.717, 1.165) is 6.42 Å². The number of amides is 1. The minimum atomic E-state index is -0.456. The molecular formula is C13H19N3O3. The second kappa shape index (κ2) is 6.72. The van der Waals surface area contributed by atoms with Crippen molar-refractivity contribution >= 4 is 17.3 Å². The van der Waals surface area contributed by atoms with Crippen LogP contribution in [0.3, 0.4) is 0 Å². The number of nitrogens with one attached hydrogen (secondary N) is 2. The molecule has 1 aromatic carbocycles. The maximum Gasteiger partial charge on any atom is 0.292 e. The van der Waals surface area contributed by atoms with Crippen LogP contribution in [0.5, 0.6) is 0 Å². The smallest absolute Gasteiger partial charge is 0.292 e. The summed E-state index contributed by atoms with van der Waals surface area (Å²) in [6.07, 6.45) is 0.847. The maximum atomic E-state index is 11.9. The lowest BCUT2D eigenvalue weighted by Crippen LogP contribution is -2.30. The fraction of sp³-hybridized carbons (Fsp3) is 0.462. The highest BCUT2D eigenvalue weighted by Gasteiger charge is 2.16. The van der Waals surface area contributed by atoms with Crippen molar-refractivity contribution in [1.29, 1.82) is 0 Å². The van der Waals surface area contributed by atoms with E-state index in [9.17, 15) is 14.9 Å². The normalized spacial score (nSPS) is 10.3. The molecule has 0 aliphatic rings. The Labute approximate surface area is 112 Å². The molecule has 0 radical (unpaired) electrons. The Morgan fingerprint density at radius 1 is 1.42 bits per heavy atom. The molecule has 0 fully saturated rings. The number of carbonyl (C=O) groups excluding carboxylic acids is 1. The Balaban J connectivity index is 3.03. The first kappa shape index (κ1) is 14.9. The van der Waals surface area contributed by atoms with E-state index in [1.165, 1.54) is 18.2 Å². The van der Waals surface area contributed by atoms with Gasteiger partial charge in [-0.1, -0.05) is 6.92 Å². The monoisotopic (exact) mass is 265 g/mol. The van der Waals surface area contributed by atoms with Crippen LogP contribution in [0.1, 0.15) is 37.6 Å². The fourth-order valence-corrected chi connectivity index (χ4v) is 1.58. The van der Waals surface area contributed by atoms with E-state index >= 15 is 0 Å². The molecule has 6 heteroatoms. The van der Waals surface area contributed by atoms with Gasteiger partial charge >= 0.3 is 0 Å². The molecule has 0 heterocycles. The number of benzene rings is 1. The molecule has 0 unspecified atom stereocenters. The van der Waals surface area contributed by atoms with Crippen molar-refractivity contribution in [2.45, 2.75) is 33.2 Å². The van der Waals surface area contributed by atoms with Gasteiger partial charge in [-0.05, 0) is 32.4 Å². The Hall–Kier alpha value is -2.11. The van der Waals surface area contributed by atoms with Crippen LogP contribution in [0.25, 0.3) is 0 Å². The van der Waals surface area contributed by atoms with Gasteiger partial charge in [-0.15, -0.1) is 0 Å². The number of nitrogens with zero attached hydrogens (tertiary/aromatic N) is 1. The fourth-order valence-electron chi connectivity index (χ4n) is 1.58. The molecule has 1 amide bonds. The SMILES string of the molecule is CCCNc1cc(C(=O)NC(C)C)ccc1[N+](=O)[O-]. The van der Waals surface area contributed by atoms with Gasteiger partial charge in [0.25, 0.3) is 11.6 Å². The van der Waals surface area contributed by atoms with Crippen molar-refractivity contribution in [3.05, 3.63) is 33.9 Å². The van der Waals surface area contributed by atoms with Crippen LogP contribution in [0, 0.1) is 10.1 Å². The minimum absolute atomic E-state index is 0.0189. The topological polar surface area (TPSA) is 84.3 Å². The van der Waals surface area contributed by atoms with Crippen LogP contribution in [-0.2, 0) is 0 Å². The Morgan fingerprint density at radius 3 is 2.63 bits per heavy atom. The zero-order valence-corrected chi connectivity index (χ0v) is 11.4. The first-order chi connectivity index (χ1) is 8.95. The van der Waals surface area contributed by atoms with Gasteiger partial charge < -0.3 is 10.6 Å².